The highest BCUT2D eigenvalue weighted by molar-refractivity contribution is 5.69. The standard InChI is InChI=1S/C11H23NO2/c1-4-5-6-9(2)7-10(12)8-11(13)14-3/h9-10H,4-8,12H2,1-3H3. The fourth-order valence-corrected chi connectivity index (χ4v) is 1.57. The Bertz CT molecular complexity index is 159. The molecule has 0 fully saturated rings. The van der Waals surface area contributed by atoms with Crippen molar-refractivity contribution >= 4 is 5.97 Å². The van der Waals surface area contributed by atoms with Gasteiger partial charge in [-0.15, -0.1) is 0 Å². The van der Waals surface area contributed by atoms with Crippen molar-refractivity contribution in [2.75, 3.05) is 7.11 Å². The zero-order valence-corrected chi connectivity index (χ0v) is 9.58. The molecule has 0 aliphatic heterocycles. The van der Waals surface area contributed by atoms with E-state index in [-0.39, 0.29) is 12.0 Å². The van der Waals surface area contributed by atoms with Crippen molar-refractivity contribution in [3.63, 3.8) is 0 Å². The summed E-state index contributed by atoms with van der Waals surface area (Å²) in [4.78, 5) is 10.9. The topological polar surface area (TPSA) is 52.3 Å². The summed E-state index contributed by atoms with van der Waals surface area (Å²) in [6.45, 7) is 4.37. The summed E-state index contributed by atoms with van der Waals surface area (Å²) in [6, 6.07) is -0.0469. The fourth-order valence-electron chi connectivity index (χ4n) is 1.57. The van der Waals surface area contributed by atoms with Gasteiger partial charge in [0.15, 0.2) is 0 Å². The molecule has 0 saturated carbocycles. The summed E-state index contributed by atoms with van der Waals surface area (Å²) < 4.78 is 4.56. The summed E-state index contributed by atoms with van der Waals surface area (Å²) in [5.41, 5.74) is 5.82. The lowest BCUT2D eigenvalue weighted by molar-refractivity contribution is -0.141. The number of carbonyl (C=O) groups is 1. The van der Waals surface area contributed by atoms with Crippen molar-refractivity contribution in [1.82, 2.24) is 0 Å². The number of unbranched alkanes of at least 4 members (excludes halogenated alkanes) is 1. The Morgan fingerprint density at radius 3 is 2.64 bits per heavy atom. The quantitative estimate of drug-likeness (QED) is 0.642. The highest BCUT2D eigenvalue weighted by atomic mass is 16.5. The number of hydrogen-bond donors (Lipinski definition) is 1. The molecule has 2 unspecified atom stereocenters. The molecule has 2 atom stereocenters. The third kappa shape index (κ3) is 6.89. The van der Waals surface area contributed by atoms with E-state index in [4.69, 9.17) is 5.73 Å². The van der Waals surface area contributed by atoms with Gasteiger partial charge in [-0.2, -0.15) is 0 Å². The number of esters is 1. The molecule has 0 bridgehead atoms. The Hall–Kier alpha value is -0.570. The molecule has 0 aromatic carbocycles. The van der Waals surface area contributed by atoms with Crippen molar-refractivity contribution in [1.29, 1.82) is 0 Å². The Morgan fingerprint density at radius 1 is 1.50 bits per heavy atom. The molecule has 0 aromatic rings. The molecule has 0 heterocycles. The van der Waals surface area contributed by atoms with Crippen LogP contribution in [-0.4, -0.2) is 19.1 Å². The van der Waals surface area contributed by atoms with Gasteiger partial charge in [0.1, 0.15) is 0 Å². The van der Waals surface area contributed by atoms with Crippen LogP contribution < -0.4 is 5.73 Å². The lowest BCUT2D eigenvalue weighted by atomic mass is 9.95. The van der Waals surface area contributed by atoms with Crippen LogP contribution in [0.25, 0.3) is 0 Å². The number of rotatable bonds is 7. The molecule has 0 spiro atoms. The van der Waals surface area contributed by atoms with Gasteiger partial charge in [-0.3, -0.25) is 4.79 Å². The Labute approximate surface area is 87.0 Å². The molecule has 0 radical (unpaired) electrons. The van der Waals surface area contributed by atoms with Gasteiger partial charge in [0.25, 0.3) is 0 Å². The van der Waals surface area contributed by atoms with E-state index in [9.17, 15) is 4.79 Å². The number of hydrogen-bond acceptors (Lipinski definition) is 3. The third-order valence-corrected chi connectivity index (χ3v) is 2.41. The van der Waals surface area contributed by atoms with E-state index in [0.717, 1.165) is 6.42 Å². The maximum atomic E-state index is 10.9. The molecule has 0 aliphatic carbocycles. The Kier molecular flexibility index (Phi) is 7.48. The summed E-state index contributed by atoms with van der Waals surface area (Å²) >= 11 is 0. The first kappa shape index (κ1) is 13.4. The second-order valence-electron chi connectivity index (χ2n) is 4.02. The smallest absolute Gasteiger partial charge is 0.307 e. The van der Waals surface area contributed by atoms with Gasteiger partial charge in [0.05, 0.1) is 13.5 Å². The molecule has 0 amide bonds. The van der Waals surface area contributed by atoms with Crippen LogP contribution in [0.1, 0.15) is 46.0 Å². The van der Waals surface area contributed by atoms with E-state index in [1.165, 1.54) is 26.4 Å². The van der Waals surface area contributed by atoms with Crippen LogP contribution in [-0.2, 0) is 9.53 Å². The van der Waals surface area contributed by atoms with Crippen LogP contribution in [0.5, 0.6) is 0 Å². The lowest BCUT2D eigenvalue weighted by Gasteiger charge is -2.15. The van der Waals surface area contributed by atoms with E-state index in [1.54, 1.807) is 0 Å². The second-order valence-corrected chi connectivity index (χ2v) is 4.02. The van der Waals surface area contributed by atoms with Crippen LogP contribution in [0.2, 0.25) is 0 Å². The minimum Gasteiger partial charge on any atom is -0.469 e. The fraction of sp³-hybridized carbons (Fsp3) is 0.909. The molecule has 14 heavy (non-hydrogen) atoms. The molecule has 2 N–H and O–H groups in total. The van der Waals surface area contributed by atoms with E-state index in [1.807, 2.05) is 0 Å². The highest BCUT2D eigenvalue weighted by Crippen LogP contribution is 2.14. The number of ether oxygens (including phenoxy) is 1. The first-order valence-corrected chi connectivity index (χ1v) is 5.42. The number of carbonyl (C=O) groups excluding carboxylic acids is 1. The van der Waals surface area contributed by atoms with E-state index < -0.39 is 0 Å². The van der Waals surface area contributed by atoms with Crippen molar-refractivity contribution in [3.8, 4) is 0 Å². The van der Waals surface area contributed by atoms with Gasteiger partial charge >= 0.3 is 5.97 Å². The normalized spacial score (nSPS) is 14.9. The first-order chi connectivity index (χ1) is 6.60. The average Bonchev–Trinajstić information content (AvgIpc) is 2.14. The molecule has 3 nitrogen and oxygen atoms in total. The van der Waals surface area contributed by atoms with Gasteiger partial charge in [-0.1, -0.05) is 33.1 Å². The summed E-state index contributed by atoms with van der Waals surface area (Å²) in [7, 11) is 1.40. The Morgan fingerprint density at radius 2 is 2.14 bits per heavy atom. The highest BCUT2D eigenvalue weighted by Gasteiger charge is 2.12. The van der Waals surface area contributed by atoms with Gasteiger partial charge in [0, 0.05) is 6.04 Å². The monoisotopic (exact) mass is 201 g/mol. The van der Waals surface area contributed by atoms with Crippen molar-refractivity contribution < 1.29 is 9.53 Å². The summed E-state index contributed by atoms with van der Waals surface area (Å²) in [5, 5.41) is 0. The Balaban J connectivity index is 3.59. The summed E-state index contributed by atoms with van der Waals surface area (Å²) in [6.07, 6.45) is 4.91. The predicted octanol–water partition coefficient (Wildman–Crippen LogP) is 2.09. The molecular weight excluding hydrogens is 178 g/mol. The van der Waals surface area contributed by atoms with Crippen molar-refractivity contribution in [2.24, 2.45) is 11.7 Å². The van der Waals surface area contributed by atoms with E-state index >= 15 is 0 Å². The zero-order chi connectivity index (χ0) is 11.0. The predicted molar refractivity (Wildman–Crippen MR) is 57.9 cm³/mol. The molecule has 0 aliphatic rings. The third-order valence-electron chi connectivity index (χ3n) is 2.41. The van der Waals surface area contributed by atoms with Crippen molar-refractivity contribution in [3.05, 3.63) is 0 Å². The van der Waals surface area contributed by atoms with Gasteiger partial charge < -0.3 is 10.5 Å². The first-order valence-electron chi connectivity index (χ1n) is 5.42. The molecule has 84 valence electrons. The van der Waals surface area contributed by atoms with Gasteiger partial charge in [0.2, 0.25) is 0 Å². The summed E-state index contributed by atoms with van der Waals surface area (Å²) in [5.74, 6) is 0.398. The molecule has 3 heteroatoms. The number of methoxy groups -OCH3 is 1. The molecular formula is C11H23NO2. The zero-order valence-electron chi connectivity index (χ0n) is 9.58. The van der Waals surface area contributed by atoms with Crippen LogP contribution in [0.3, 0.4) is 0 Å². The minimum atomic E-state index is -0.208. The molecule has 0 aromatic heterocycles. The van der Waals surface area contributed by atoms with Crippen LogP contribution in [0, 0.1) is 5.92 Å². The lowest BCUT2D eigenvalue weighted by Crippen LogP contribution is -2.26. The van der Waals surface area contributed by atoms with Crippen LogP contribution in [0.15, 0.2) is 0 Å². The largest absolute Gasteiger partial charge is 0.469 e. The van der Waals surface area contributed by atoms with Crippen LogP contribution in [0.4, 0.5) is 0 Å². The van der Waals surface area contributed by atoms with E-state index in [2.05, 4.69) is 18.6 Å². The maximum Gasteiger partial charge on any atom is 0.307 e. The number of nitrogens with two attached hydrogens (primary N) is 1. The molecule has 0 rings (SSSR count). The molecule has 0 saturated heterocycles. The second kappa shape index (κ2) is 7.80. The maximum absolute atomic E-state index is 10.9. The average molecular weight is 201 g/mol. The van der Waals surface area contributed by atoms with Gasteiger partial charge in [-0.25, -0.2) is 0 Å². The SMILES string of the molecule is CCCCC(C)CC(N)CC(=O)OC. The van der Waals surface area contributed by atoms with Crippen molar-refractivity contribution in [2.45, 2.75) is 52.0 Å². The minimum absolute atomic E-state index is 0.0469. The van der Waals surface area contributed by atoms with Gasteiger partial charge in [-0.05, 0) is 12.3 Å². The van der Waals surface area contributed by atoms with E-state index in [0.29, 0.717) is 12.3 Å². The van der Waals surface area contributed by atoms with Crippen LogP contribution >= 0.6 is 0 Å².